The predicted octanol–water partition coefficient (Wildman–Crippen LogP) is -0.403. The molecule has 1 aliphatic rings. The van der Waals surface area contributed by atoms with E-state index in [9.17, 15) is 34.2 Å². The van der Waals surface area contributed by atoms with Crippen molar-refractivity contribution >= 4 is 53.1 Å². The number of benzene rings is 2. The first-order valence-electron chi connectivity index (χ1n) is 12.8. The second-order valence-corrected chi connectivity index (χ2v) is 11.8. The third-order valence-electron chi connectivity index (χ3n) is 6.07. The Balaban J connectivity index is 1.70. The molecule has 0 bridgehead atoms. The summed E-state index contributed by atoms with van der Waals surface area (Å²) in [4.78, 5) is 63.3. The molecule has 3 rings (SSSR count). The van der Waals surface area contributed by atoms with Crippen LogP contribution in [0.4, 0.5) is 0 Å². The molecule has 0 aromatic heterocycles. The van der Waals surface area contributed by atoms with Crippen molar-refractivity contribution in [3.05, 3.63) is 65.7 Å². The lowest BCUT2D eigenvalue weighted by Gasteiger charge is -2.22. The van der Waals surface area contributed by atoms with Crippen LogP contribution in [0.15, 0.2) is 54.6 Å². The van der Waals surface area contributed by atoms with Gasteiger partial charge in [0.05, 0.1) is 12.6 Å². The summed E-state index contributed by atoms with van der Waals surface area (Å²) in [6.07, 6.45) is 0.283. The molecule has 1 aliphatic heterocycles. The predicted molar refractivity (Wildman–Crippen MR) is 156 cm³/mol. The van der Waals surface area contributed by atoms with Crippen molar-refractivity contribution in [3.63, 3.8) is 0 Å². The first-order valence-corrected chi connectivity index (χ1v) is 15.1. The normalized spacial score (nSPS) is 21.7. The van der Waals surface area contributed by atoms with Crippen molar-refractivity contribution < 1.29 is 34.2 Å². The molecule has 8 N–H and O–H groups in total. The van der Waals surface area contributed by atoms with Gasteiger partial charge in [-0.2, -0.15) is 0 Å². The number of hydrogen-bond donors (Lipinski definition) is 7. The average molecular weight is 604 g/mol. The minimum Gasteiger partial charge on any atom is -0.508 e. The lowest BCUT2D eigenvalue weighted by Crippen LogP contribution is -2.56. The Labute approximate surface area is 245 Å². The zero-order chi connectivity index (χ0) is 29.8. The maximum absolute atomic E-state index is 13.0. The number of aromatic hydroxyl groups is 1. The van der Waals surface area contributed by atoms with Gasteiger partial charge in [-0.1, -0.05) is 42.5 Å². The van der Waals surface area contributed by atoms with E-state index in [-0.39, 0.29) is 30.1 Å². The molecule has 4 amide bonds. The lowest BCUT2D eigenvalue weighted by molar-refractivity contribution is -0.141. The fourth-order valence-electron chi connectivity index (χ4n) is 3.87. The molecule has 1 heterocycles. The van der Waals surface area contributed by atoms with Gasteiger partial charge in [0.25, 0.3) is 0 Å². The number of nitrogens with two attached hydrogens (primary N) is 1. The van der Waals surface area contributed by atoms with Crippen LogP contribution in [0.3, 0.4) is 0 Å². The Morgan fingerprint density at radius 2 is 1.63 bits per heavy atom. The molecular formula is C27H33N5O7S2. The second kappa shape index (κ2) is 15.9. The molecule has 4 atom stereocenters. The number of nitrogens with one attached hydrogen (secondary N) is 4. The van der Waals surface area contributed by atoms with Gasteiger partial charge in [0, 0.05) is 23.0 Å². The highest BCUT2D eigenvalue weighted by molar-refractivity contribution is 8.16. The van der Waals surface area contributed by atoms with E-state index in [2.05, 4.69) is 21.3 Å². The number of rotatable bonds is 7. The van der Waals surface area contributed by atoms with E-state index in [0.29, 0.717) is 5.08 Å². The van der Waals surface area contributed by atoms with Crippen LogP contribution >= 0.6 is 23.5 Å². The summed E-state index contributed by atoms with van der Waals surface area (Å²) >= 11 is 2.54. The molecule has 0 aliphatic carbocycles. The van der Waals surface area contributed by atoms with Crippen LogP contribution in [0, 0.1) is 0 Å². The number of amides is 4. The number of aliphatic carboxylic acids is 1. The van der Waals surface area contributed by atoms with Crippen LogP contribution in [-0.4, -0.2) is 87.1 Å². The van der Waals surface area contributed by atoms with E-state index < -0.39 is 60.3 Å². The highest BCUT2D eigenvalue weighted by Gasteiger charge is 2.29. The molecule has 41 heavy (non-hydrogen) atoms. The van der Waals surface area contributed by atoms with E-state index in [1.165, 1.54) is 35.7 Å². The molecule has 0 saturated carbocycles. The monoisotopic (exact) mass is 603 g/mol. The summed E-state index contributed by atoms with van der Waals surface area (Å²) in [6, 6.07) is 10.9. The number of carbonyl (C=O) groups excluding carboxylic acids is 4. The Hall–Kier alpha value is -3.75. The van der Waals surface area contributed by atoms with E-state index in [1.54, 1.807) is 42.5 Å². The summed E-state index contributed by atoms with van der Waals surface area (Å²) in [7, 11) is 0. The zero-order valence-corrected chi connectivity index (χ0v) is 23.7. The van der Waals surface area contributed by atoms with Gasteiger partial charge in [0.1, 0.15) is 23.9 Å². The molecule has 0 radical (unpaired) electrons. The average Bonchev–Trinajstić information content (AvgIpc) is 2.95. The number of phenolic OH excluding ortho intramolecular Hbond substituents is 1. The fraction of sp³-hybridized carbons (Fsp3) is 0.370. The smallest absolute Gasteiger partial charge is 0.327 e. The number of carboxylic acids is 1. The summed E-state index contributed by atoms with van der Waals surface area (Å²) in [6.45, 7) is -0.467. The van der Waals surface area contributed by atoms with E-state index in [0.717, 1.165) is 11.1 Å². The quantitative estimate of drug-likeness (QED) is 0.218. The summed E-state index contributed by atoms with van der Waals surface area (Å²) in [5, 5.41) is 29.7. The number of phenols is 1. The maximum atomic E-state index is 13.0. The van der Waals surface area contributed by atoms with Gasteiger partial charge in [-0.3, -0.25) is 19.2 Å². The zero-order valence-electron chi connectivity index (χ0n) is 22.1. The highest BCUT2D eigenvalue weighted by Crippen LogP contribution is 2.16. The van der Waals surface area contributed by atoms with Crippen molar-refractivity contribution in [2.75, 3.05) is 23.1 Å². The van der Waals surface area contributed by atoms with Crippen molar-refractivity contribution in [1.82, 2.24) is 21.3 Å². The van der Waals surface area contributed by atoms with Gasteiger partial charge in [0.15, 0.2) is 0 Å². The van der Waals surface area contributed by atoms with Crippen molar-refractivity contribution in [2.45, 2.75) is 37.0 Å². The molecule has 1 saturated heterocycles. The van der Waals surface area contributed by atoms with Crippen LogP contribution in [0.5, 0.6) is 5.75 Å². The third-order valence-corrected chi connectivity index (χ3v) is 8.54. The van der Waals surface area contributed by atoms with Gasteiger partial charge < -0.3 is 37.2 Å². The molecule has 14 heteroatoms. The van der Waals surface area contributed by atoms with Crippen LogP contribution < -0.4 is 27.0 Å². The number of carboxylic acid groups (broad SMARTS) is 1. The van der Waals surface area contributed by atoms with E-state index in [4.69, 9.17) is 5.73 Å². The van der Waals surface area contributed by atoms with Crippen molar-refractivity contribution in [3.8, 4) is 5.75 Å². The molecule has 0 unspecified atom stereocenters. The van der Waals surface area contributed by atoms with Crippen LogP contribution in [-0.2, 0) is 36.8 Å². The minimum atomic E-state index is -1.21. The van der Waals surface area contributed by atoms with Crippen LogP contribution in [0.2, 0.25) is 0 Å². The summed E-state index contributed by atoms with van der Waals surface area (Å²) < 4.78 is 0. The van der Waals surface area contributed by atoms with Gasteiger partial charge in [-0.25, -0.2) is 4.79 Å². The van der Waals surface area contributed by atoms with Gasteiger partial charge in [-0.05, 0) is 29.7 Å². The first-order chi connectivity index (χ1) is 19.6. The van der Waals surface area contributed by atoms with Crippen molar-refractivity contribution in [1.29, 1.82) is 0 Å². The maximum Gasteiger partial charge on any atom is 0.327 e. The Morgan fingerprint density at radius 3 is 2.32 bits per heavy atom. The number of carbonyl (C=O) groups is 5. The molecule has 12 nitrogen and oxygen atoms in total. The Bertz CT molecular complexity index is 1220. The van der Waals surface area contributed by atoms with Crippen LogP contribution in [0.25, 0.3) is 0 Å². The Morgan fingerprint density at radius 1 is 0.951 bits per heavy atom. The first kappa shape index (κ1) is 31.8. The third kappa shape index (κ3) is 10.6. The molecule has 220 valence electrons. The van der Waals surface area contributed by atoms with E-state index in [1.807, 2.05) is 0 Å². The topological polar surface area (TPSA) is 200 Å². The SMILES string of the molecule is N[C@@H](Cc1ccc(O)cc1)C(=O)N[C@H]1CSCSC[C@@H](C(=O)O)NC(=O)[C@H](Cc2ccccc2)NC(=O)CNC1=O. The van der Waals surface area contributed by atoms with Gasteiger partial charge >= 0.3 is 5.97 Å². The minimum absolute atomic E-state index is 0.0564. The number of hydrogen-bond acceptors (Lipinski definition) is 9. The van der Waals surface area contributed by atoms with E-state index >= 15 is 0 Å². The molecule has 2 aromatic carbocycles. The largest absolute Gasteiger partial charge is 0.508 e. The lowest BCUT2D eigenvalue weighted by atomic mass is 10.0. The fourth-order valence-corrected chi connectivity index (χ4v) is 6.05. The molecule has 1 fully saturated rings. The van der Waals surface area contributed by atoms with Gasteiger partial charge in [0.2, 0.25) is 23.6 Å². The highest BCUT2D eigenvalue weighted by atomic mass is 32.2. The molecule has 2 aromatic rings. The number of thioether (sulfide) groups is 2. The summed E-state index contributed by atoms with van der Waals surface area (Å²) in [5.41, 5.74) is 7.53. The van der Waals surface area contributed by atoms with Crippen LogP contribution in [0.1, 0.15) is 11.1 Å². The van der Waals surface area contributed by atoms with Crippen molar-refractivity contribution in [2.24, 2.45) is 5.73 Å². The summed E-state index contributed by atoms with van der Waals surface area (Å²) in [5.74, 6) is -3.43. The standard InChI is InChI=1S/C27H33N5O7S2/c28-19(10-17-6-8-18(33)9-7-17)24(35)31-21-13-40-15-41-14-22(27(38)39)32-26(37)20(11-16-4-2-1-3-5-16)30-23(34)12-29-25(21)36/h1-9,19-22,33H,10-15,28H2,(H,29,36)(H,30,34)(H,31,35)(H,32,37)(H,38,39)/t19-,20-,21-,22-/m0/s1. The molecule has 0 spiro atoms. The Kier molecular flexibility index (Phi) is 12.3. The molecular weight excluding hydrogens is 570 g/mol. The second-order valence-electron chi connectivity index (χ2n) is 9.32. The van der Waals surface area contributed by atoms with Gasteiger partial charge in [-0.15, -0.1) is 23.5 Å².